The van der Waals surface area contributed by atoms with E-state index in [2.05, 4.69) is 11.8 Å². The lowest BCUT2D eigenvalue weighted by molar-refractivity contribution is -0.114. The molecule has 0 saturated carbocycles. The van der Waals surface area contributed by atoms with Gasteiger partial charge in [-0.2, -0.15) is 0 Å². The van der Waals surface area contributed by atoms with Crippen molar-refractivity contribution in [2.75, 3.05) is 0 Å². The third-order valence-corrected chi connectivity index (χ3v) is 1.94. The highest BCUT2D eigenvalue weighted by Crippen LogP contribution is 2.15. The van der Waals surface area contributed by atoms with Gasteiger partial charge in [-0.3, -0.25) is 0 Å². The molecule has 0 spiro atoms. The Labute approximate surface area is 89.3 Å². The number of carbonyl (C=O) groups is 1. The first-order chi connectivity index (χ1) is 7.03. The second-order valence-electron chi connectivity index (χ2n) is 4.09. The van der Waals surface area contributed by atoms with Gasteiger partial charge < -0.3 is 4.79 Å². The van der Waals surface area contributed by atoms with Gasteiger partial charge in [-0.1, -0.05) is 25.7 Å². The van der Waals surface area contributed by atoms with E-state index in [1.807, 2.05) is 13.8 Å². The Balaban J connectivity index is 2.66. The summed E-state index contributed by atoms with van der Waals surface area (Å²) >= 11 is 0. The number of benzene rings is 1. The molecule has 1 nitrogen and oxygen atoms in total. The minimum Gasteiger partial charge on any atom is -0.303 e. The summed E-state index contributed by atoms with van der Waals surface area (Å²) in [5.74, 6) is 5.53. The first-order valence-electron chi connectivity index (χ1n) is 4.74. The van der Waals surface area contributed by atoms with E-state index >= 15 is 0 Å². The summed E-state index contributed by atoms with van der Waals surface area (Å²) in [6, 6.07) is 5.98. The van der Waals surface area contributed by atoms with Gasteiger partial charge in [0.2, 0.25) is 0 Å². The Morgan fingerprint density at radius 1 is 1.33 bits per heavy atom. The van der Waals surface area contributed by atoms with Crippen LogP contribution in [0.3, 0.4) is 0 Å². The number of carbonyl (C=O) groups excluding carboxylic acids is 1. The van der Waals surface area contributed by atoms with Crippen LogP contribution in [0.1, 0.15) is 25.8 Å². The molecule has 0 bridgehead atoms. The second-order valence-corrected chi connectivity index (χ2v) is 4.09. The van der Waals surface area contributed by atoms with Crippen LogP contribution in [0.5, 0.6) is 0 Å². The number of rotatable bonds is 2. The molecule has 15 heavy (non-hydrogen) atoms. The van der Waals surface area contributed by atoms with E-state index in [0.717, 1.165) is 11.8 Å². The van der Waals surface area contributed by atoms with Gasteiger partial charge in [0, 0.05) is 17.4 Å². The van der Waals surface area contributed by atoms with E-state index in [4.69, 9.17) is 0 Å². The van der Waals surface area contributed by atoms with E-state index in [1.165, 1.54) is 12.1 Å². The number of halogens is 1. The fraction of sp³-hybridized carbons (Fsp3) is 0.308. The molecule has 0 atom stereocenters. The third-order valence-electron chi connectivity index (χ3n) is 1.94. The van der Waals surface area contributed by atoms with Gasteiger partial charge in [0.05, 0.1) is 0 Å². The predicted molar refractivity (Wildman–Crippen MR) is 57.7 cm³/mol. The fourth-order valence-corrected chi connectivity index (χ4v) is 0.949. The first kappa shape index (κ1) is 11.5. The van der Waals surface area contributed by atoms with Crippen molar-refractivity contribution >= 4 is 6.29 Å². The van der Waals surface area contributed by atoms with Crippen molar-refractivity contribution in [3.05, 3.63) is 35.6 Å². The van der Waals surface area contributed by atoms with Crippen molar-refractivity contribution in [3.63, 3.8) is 0 Å². The van der Waals surface area contributed by atoms with E-state index in [-0.39, 0.29) is 5.82 Å². The van der Waals surface area contributed by atoms with Gasteiger partial charge in [-0.25, -0.2) is 4.39 Å². The zero-order valence-electron chi connectivity index (χ0n) is 8.88. The van der Waals surface area contributed by atoms with Crippen LogP contribution in [0.15, 0.2) is 24.3 Å². The largest absolute Gasteiger partial charge is 0.303 e. The molecule has 78 valence electrons. The Kier molecular flexibility index (Phi) is 3.62. The van der Waals surface area contributed by atoms with Crippen LogP contribution in [-0.2, 0) is 4.79 Å². The molecular formula is C13H13FO. The Morgan fingerprint density at radius 3 is 2.47 bits per heavy atom. The van der Waals surface area contributed by atoms with E-state index < -0.39 is 5.41 Å². The van der Waals surface area contributed by atoms with E-state index in [9.17, 15) is 9.18 Å². The van der Waals surface area contributed by atoms with Gasteiger partial charge in [-0.05, 0) is 24.3 Å². The van der Waals surface area contributed by atoms with Crippen LogP contribution < -0.4 is 0 Å². The highest BCUT2D eigenvalue weighted by molar-refractivity contribution is 5.58. The van der Waals surface area contributed by atoms with Crippen LogP contribution in [0, 0.1) is 23.1 Å². The number of hydrogen-bond acceptors (Lipinski definition) is 1. The molecule has 1 aromatic rings. The molecule has 1 rings (SSSR count). The van der Waals surface area contributed by atoms with Crippen molar-refractivity contribution < 1.29 is 9.18 Å². The lowest BCUT2D eigenvalue weighted by Gasteiger charge is -2.10. The normalized spacial score (nSPS) is 10.3. The van der Waals surface area contributed by atoms with Gasteiger partial charge in [0.15, 0.2) is 0 Å². The lowest BCUT2D eigenvalue weighted by atomic mass is 9.92. The van der Waals surface area contributed by atoms with Gasteiger partial charge >= 0.3 is 0 Å². The Morgan fingerprint density at radius 2 is 1.93 bits per heavy atom. The van der Waals surface area contributed by atoms with Crippen molar-refractivity contribution in [1.29, 1.82) is 0 Å². The van der Waals surface area contributed by atoms with Crippen molar-refractivity contribution in [2.45, 2.75) is 20.3 Å². The molecule has 0 N–H and O–H groups in total. The number of aldehydes is 1. The zero-order chi connectivity index (χ0) is 11.3. The highest BCUT2D eigenvalue weighted by atomic mass is 19.1. The summed E-state index contributed by atoms with van der Waals surface area (Å²) < 4.78 is 12.6. The van der Waals surface area contributed by atoms with Gasteiger partial charge in [-0.15, -0.1) is 0 Å². The standard InChI is InChI=1S/C13H13FO/c1-13(2,10-15)9-3-4-11-5-7-12(14)8-6-11/h5-8,10H,9H2,1-2H3. The fourth-order valence-electron chi connectivity index (χ4n) is 0.949. The van der Waals surface area contributed by atoms with Crippen LogP contribution >= 0.6 is 0 Å². The smallest absolute Gasteiger partial charge is 0.126 e. The van der Waals surface area contributed by atoms with Crippen molar-refractivity contribution in [1.82, 2.24) is 0 Å². The average molecular weight is 204 g/mol. The van der Waals surface area contributed by atoms with Crippen molar-refractivity contribution in [2.24, 2.45) is 5.41 Å². The molecule has 0 aliphatic heterocycles. The summed E-state index contributed by atoms with van der Waals surface area (Å²) in [6.07, 6.45) is 1.40. The molecule has 0 aliphatic carbocycles. The quantitative estimate of drug-likeness (QED) is 0.534. The van der Waals surface area contributed by atoms with Crippen LogP contribution in [0.4, 0.5) is 4.39 Å². The molecule has 0 radical (unpaired) electrons. The van der Waals surface area contributed by atoms with Gasteiger partial charge in [0.25, 0.3) is 0 Å². The second kappa shape index (κ2) is 4.75. The van der Waals surface area contributed by atoms with Crippen LogP contribution in [0.2, 0.25) is 0 Å². The molecular weight excluding hydrogens is 191 g/mol. The van der Waals surface area contributed by atoms with Crippen LogP contribution in [-0.4, -0.2) is 6.29 Å². The van der Waals surface area contributed by atoms with Crippen molar-refractivity contribution in [3.8, 4) is 11.8 Å². The molecule has 0 heterocycles. The summed E-state index contributed by atoms with van der Waals surface area (Å²) in [4.78, 5) is 10.6. The minimum atomic E-state index is -0.410. The monoisotopic (exact) mass is 204 g/mol. The molecule has 2 heteroatoms. The topological polar surface area (TPSA) is 17.1 Å². The van der Waals surface area contributed by atoms with E-state index in [0.29, 0.717) is 6.42 Å². The Hall–Kier alpha value is -1.62. The summed E-state index contributed by atoms with van der Waals surface area (Å²) in [5, 5.41) is 0. The molecule has 0 saturated heterocycles. The maximum Gasteiger partial charge on any atom is 0.126 e. The number of hydrogen-bond donors (Lipinski definition) is 0. The summed E-state index contributed by atoms with van der Waals surface area (Å²) in [7, 11) is 0. The molecule has 0 aromatic heterocycles. The molecule has 0 unspecified atom stereocenters. The Bertz CT molecular complexity index is 393. The minimum absolute atomic E-state index is 0.270. The lowest BCUT2D eigenvalue weighted by Crippen LogP contribution is -2.11. The van der Waals surface area contributed by atoms with Gasteiger partial charge in [0.1, 0.15) is 12.1 Å². The average Bonchev–Trinajstić information content (AvgIpc) is 2.21. The third kappa shape index (κ3) is 3.95. The summed E-state index contributed by atoms with van der Waals surface area (Å²) in [5.41, 5.74) is 0.352. The SMILES string of the molecule is CC(C)(C=O)CC#Cc1ccc(F)cc1. The summed E-state index contributed by atoms with van der Waals surface area (Å²) in [6.45, 7) is 3.67. The first-order valence-corrected chi connectivity index (χ1v) is 4.74. The van der Waals surface area contributed by atoms with Crippen LogP contribution in [0.25, 0.3) is 0 Å². The molecule has 0 amide bonds. The van der Waals surface area contributed by atoms with E-state index in [1.54, 1.807) is 12.1 Å². The maximum atomic E-state index is 12.6. The highest BCUT2D eigenvalue weighted by Gasteiger charge is 2.13. The molecule has 0 fully saturated rings. The maximum absolute atomic E-state index is 12.6. The molecule has 0 aliphatic rings. The zero-order valence-corrected chi connectivity index (χ0v) is 8.88. The predicted octanol–water partition coefficient (Wildman–Crippen LogP) is 2.79. The molecule has 1 aromatic carbocycles.